The summed E-state index contributed by atoms with van der Waals surface area (Å²) in [6, 6.07) is 3.50. The van der Waals surface area contributed by atoms with Crippen LogP contribution in [-0.2, 0) is 0 Å². The van der Waals surface area contributed by atoms with E-state index in [1.807, 2.05) is 18.7 Å². The monoisotopic (exact) mass is 362 g/mol. The SMILES string of the molecule is CCOc1c(Cl)cc(C(=O)N2CC(CN)CC2C)cc1OC.Cl. The van der Waals surface area contributed by atoms with Crippen LogP contribution in [0.4, 0.5) is 0 Å². The van der Waals surface area contributed by atoms with E-state index in [0.717, 1.165) is 6.42 Å². The van der Waals surface area contributed by atoms with Gasteiger partial charge in [-0.3, -0.25) is 4.79 Å². The summed E-state index contributed by atoms with van der Waals surface area (Å²) in [7, 11) is 1.53. The van der Waals surface area contributed by atoms with Gasteiger partial charge in [-0.05, 0) is 44.9 Å². The molecule has 0 radical (unpaired) electrons. The van der Waals surface area contributed by atoms with Crippen LogP contribution >= 0.6 is 24.0 Å². The summed E-state index contributed by atoms with van der Waals surface area (Å²) < 4.78 is 10.8. The number of carbonyl (C=O) groups is 1. The van der Waals surface area contributed by atoms with Gasteiger partial charge >= 0.3 is 0 Å². The molecule has 1 aromatic carbocycles. The van der Waals surface area contributed by atoms with Crippen molar-refractivity contribution in [3.8, 4) is 11.5 Å². The number of ether oxygens (including phenoxy) is 2. The Kier molecular flexibility index (Phi) is 7.45. The van der Waals surface area contributed by atoms with Crippen LogP contribution in [0.3, 0.4) is 0 Å². The van der Waals surface area contributed by atoms with Crippen LogP contribution in [0.25, 0.3) is 0 Å². The molecule has 1 fully saturated rings. The molecule has 2 N–H and O–H groups in total. The van der Waals surface area contributed by atoms with Gasteiger partial charge in [0.15, 0.2) is 11.5 Å². The predicted molar refractivity (Wildman–Crippen MR) is 94.1 cm³/mol. The highest BCUT2D eigenvalue weighted by molar-refractivity contribution is 6.32. The first-order valence-corrected chi connectivity index (χ1v) is 7.90. The fourth-order valence-corrected chi connectivity index (χ4v) is 3.15. The minimum atomic E-state index is -0.0494. The summed E-state index contributed by atoms with van der Waals surface area (Å²) in [6.07, 6.45) is 0.935. The van der Waals surface area contributed by atoms with E-state index in [0.29, 0.717) is 47.7 Å². The average Bonchev–Trinajstić information content (AvgIpc) is 2.89. The molecule has 0 aliphatic carbocycles. The Bertz CT molecular complexity index is 554. The van der Waals surface area contributed by atoms with Crippen LogP contribution in [0.5, 0.6) is 11.5 Å². The van der Waals surface area contributed by atoms with Gasteiger partial charge < -0.3 is 20.1 Å². The van der Waals surface area contributed by atoms with E-state index >= 15 is 0 Å². The highest BCUT2D eigenvalue weighted by Gasteiger charge is 2.32. The molecule has 1 aliphatic heterocycles. The molecule has 1 aromatic rings. The third-order valence-electron chi connectivity index (χ3n) is 4.02. The molecule has 1 saturated heterocycles. The summed E-state index contributed by atoms with van der Waals surface area (Å²) in [6.45, 7) is 5.67. The summed E-state index contributed by atoms with van der Waals surface area (Å²) in [4.78, 5) is 14.6. The molecule has 0 spiro atoms. The molecule has 130 valence electrons. The molecule has 2 unspecified atom stereocenters. The van der Waals surface area contributed by atoms with Crippen molar-refractivity contribution in [3.63, 3.8) is 0 Å². The number of halogens is 2. The first-order valence-electron chi connectivity index (χ1n) is 7.53. The Morgan fingerprint density at radius 3 is 2.70 bits per heavy atom. The molecule has 1 heterocycles. The maximum absolute atomic E-state index is 12.7. The lowest BCUT2D eigenvalue weighted by molar-refractivity contribution is 0.0743. The summed E-state index contributed by atoms with van der Waals surface area (Å²) in [5, 5.41) is 0.381. The second-order valence-corrected chi connectivity index (χ2v) is 5.97. The average molecular weight is 363 g/mol. The highest BCUT2D eigenvalue weighted by atomic mass is 35.5. The van der Waals surface area contributed by atoms with Crippen molar-refractivity contribution in [2.45, 2.75) is 26.3 Å². The van der Waals surface area contributed by atoms with Gasteiger partial charge in [0.25, 0.3) is 5.91 Å². The lowest BCUT2D eigenvalue weighted by Gasteiger charge is -2.22. The first kappa shape index (κ1) is 19.9. The van der Waals surface area contributed by atoms with Crippen LogP contribution in [0.1, 0.15) is 30.6 Å². The fourth-order valence-electron chi connectivity index (χ4n) is 2.89. The van der Waals surface area contributed by atoms with Crippen LogP contribution < -0.4 is 15.2 Å². The number of likely N-dealkylation sites (tertiary alicyclic amines) is 1. The summed E-state index contributed by atoms with van der Waals surface area (Å²) >= 11 is 6.24. The predicted octanol–water partition coefficient (Wildman–Crippen LogP) is 2.98. The van der Waals surface area contributed by atoms with Gasteiger partial charge in [-0.2, -0.15) is 0 Å². The minimum absolute atomic E-state index is 0. The topological polar surface area (TPSA) is 64.8 Å². The number of nitrogens with zero attached hydrogens (tertiary/aromatic N) is 1. The van der Waals surface area contributed by atoms with Crippen molar-refractivity contribution < 1.29 is 14.3 Å². The summed E-state index contributed by atoms with van der Waals surface area (Å²) in [5.74, 6) is 1.25. The second-order valence-electron chi connectivity index (χ2n) is 5.57. The summed E-state index contributed by atoms with van der Waals surface area (Å²) in [5.41, 5.74) is 6.23. The maximum atomic E-state index is 12.7. The quantitative estimate of drug-likeness (QED) is 0.874. The van der Waals surface area contributed by atoms with Crippen molar-refractivity contribution >= 4 is 29.9 Å². The fraction of sp³-hybridized carbons (Fsp3) is 0.562. The zero-order valence-electron chi connectivity index (χ0n) is 13.7. The number of nitrogens with two attached hydrogens (primary N) is 1. The van der Waals surface area contributed by atoms with Crippen molar-refractivity contribution in [1.29, 1.82) is 0 Å². The number of carbonyl (C=O) groups excluding carboxylic acids is 1. The van der Waals surface area contributed by atoms with E-state index in [2.05, 4.69) is 0 Å². The molecule has 23 heavy (non-hydrogen) atoms. The van der Waals surface area contributed by atoms with Gasteiger partial charge in [-0.1, -0.05) is 11.6 Å². The van der Waals surface area contributed by atoms with Crippen molar-refractivity contribution in [1.82, 2.24) is 4.90 Å². The van der Waals surface area contributed by atoms with Crippen LogP contribution in [-0.4, -0.2) is 43.7 Å². The molecule has 1 amide bonds. The normalized spacial score (nSPS) is 20.1. The molecule has 0 aromatic heterocycles. The highest BCUT2D eigenvalue weighted by Crippen LogP contribution is 2.37. The molecule has 7 heteroatoms. The van der Waals surface area contributed by atoms with E-state index in [1.165, 1.54) is 7.11 Å². The third kappa shape index (κ3) is 4.22. The van der Waals surface area contributed by atoms with Gasteiger partial charge in [0.1, 0.15) is 0 Å². The zero-order valence-corrected chi connectivity index (χ0v) is 15.2. The van der Waals surface area contributed by atoms with E-state index in [1.54, 1.807) is 12.1 Å². The Balaban J connectivity index is 0.00000264. The van der Waals surface area contributed by atoms with Crippen LogP contribution in [0.15, 0.2) is 12.1 Å². The molecule has 1 aliphatic rings. The number of rotatable bonds is 5. The standard InChI is InChI=1S/C16H23ClN2O3.ClH/c1-4-22-15-13(17)6-12(7-14(15)21-3)16(20)19-9-11(8-18)5-10(19)2;/h6-7,10-11H,4-5,8-9,18H2,1-3H3;1H. The van der Waals surface area contributed by atoms with Gasteiger partial charge in [0.05, 0.1) is 18.7 Å². The van der Waals surface area contributed by atoms with Gasteiger partial charge in [0.2, 0.25) is 0 Å². The lowest BCUT2D eigenvalue weighted by atomic mass is 10.1. The molecular formula is C16H24Cl2N2O3. The van der Waals surface area contributed by atoms with Crippen LogP contribution in [0, 0.1) is 5.92 Å². The van der Waals surface area contributed by atoms with E-state index in [9.17, 15) is 4.79 Å². The van der Waals surface area contributed by atoms with Gasteiger partial charge in [-0.15, -0.1) is 12.4 Å². The van der Waals surface area contributed by atoms with Gasteiger partial charge in [-0.25, -0.2) is 0 Å². The van der Waals surface area contributed by atoms with Crippen molar-refractivity contribution in [2.75, 3.05) is 26.8 Å². The Labute approximate surface area is 148 Å². The number of hydrogen-bond acceptors (Lipinski definition) is 4. The largest absolute Gasteiger partial charge is 0.493 e. The lowest BCUT2D eigenvalue weighted by Crippen LogP contribution is -2.34. The van der Waals surface area contributed by atoms with E-state index < -0.39 is 0 Å². The van der Waals surface area contributed by atoms with Gasteiger partial charge in [0, 0.05) is 18.2 Å². The number of methoxy groups -OCH3 is 1. The minimum Gasteiger partial charge on any atom is -0.493 e. The van der Waals surface area contributed by atoms with Crippen molar-refractivity contribution in [3.05, 3.63) is 22.7 Å². The number of benzene rings is 1. The molecular weight excluding hydrogens is 339 g/mol. The third-order valence-corrected chi connectivity index (χ3v) is 4.30. The molecule has 2 rings (SSSR count). The van der Waals surface area contributed by atoms with Crippen LogP contribution in [0.2, 0.25) is 5.02 Å². The smallest absolute Gasteiger partial charge is 0.254 e. The Hall–Kier alpha value is -1.17. The number of amides is 1. The Morgan fingerprint density at radius 2 is 2.17 bits per heavy atom. The van der Waals surface area contributed by atoms with Crippen molar-refractivity contribution in [2.24, 2.45) is 11.7 Å². The Morgan fingerprint density at radius 1 is 1.48 bits per heavy atom. The molecule has 5 nitrogen and oxygen atoms in total. The van der Waals surface area contributed by atoms with E-state index in [-0.39, 0.29) is 24.4 Å². The maximum Gasteiger partial charge on any atom is 0.254 e. The molecule has 2 atom stereocenters. The molecule has 0 bridgehead atoms. The zero-order chi connectivity index (χ0) is 16.3. The molecule has 0 saturated carbocycles. The second kappa shape index (κ2) is 8.62. The number of hydrogen-bond donors (Lipinski definition) is 1. The van der Waals surface area contributed by atoms with E-state index in [4.69, 9.17) is 26.8 Å². The first-order chi connectivity index (χ1) is 10.5.